The molecule has 9 heteroatoms. The number of carbonyl (C=O) groups is 1. The average Bonchev–Trinajstić information content (AvgIpc) is 3.20. The molecule has 0 unspecified atom stereocenters. The Bertz CT molecular complexity index is 1170. The molecule has 1 aliphatic rings. The first-order chi connectivity index (χ1) is 14.5. The summed E-state index contributed by atoms with van der Waals surface area (Å²) in [5, 5.41) is 0. The molecule has 0 radical (unpaired) electrons. The number of fused-ring (bicyclic) bond motifs is 1. The van der Waals surface area contributed by atoms with Crippen molar-refractivity contribution >= 4 is 17.1 Å². The first-order valence-corrected chi connectivity index (χ1v) is 10.1. The fourth-order valence-corrected chi connectivity index (χ4v) is 3.94. The summed E-state index contributed by atoms with van der Waals surface area (Å²) < 4.78 is 4.08. The van der Waals surface area contributed by atoms with E-state index < -0.39 is 11.2 Å². The number of benzene rings is 1. The molecule has 4 rings (SSSR count). The first kappa shape index (κ1) is 20.1. The van der Waals surface area contributed by atoms with Crippen molar-refractivity contribution in [2.24, 2.45) is 14.1 Å². The summed E-state index contributed by atoms with van der Waals surface area (Å²) in [5.41, 5.74) is 1.15. The molecule has 2 aromatic heterocycles. The molecule has 158 valence electrons. The maximum absolute atomic E-state index is 12.7. The Balaban J connectivity index is 1.37. The van der Waals surface area contributed by atoms with Gasteiger partial charge in [0.15, 0.2) is 11.2 Å². The minimum absolute atomic E-state index is 0.0675. The van der Waals surface area contributed by atoms with Gasteiger partial charge in [-0.2, -0.15) is 0 Å². The lowest BCUT2D eigenvalue weighted by Gasteiger charge is -2.34. The van der Waals surface area contributed by atoms with E-state index in [1.165, 1.54) is 23.5 Å². The number of rotatable bonds is 5. The van der Waals surface area contributed by atoms with Crippen LogP contribution in [0, 0.1) is 0 Å². The Kier molecular flexibility index (Phi) is 5.54. The Hall–Kier alpha value is -3.20. The standard InChI is InChI=1S/C21H26N6O3/c1-23-19-18(20(29)24(2)21(23)30)27(15-22-19)9-8-17(28)26-12-10-25(11-13-26)14-16-6-4-3-5-7-16/h3-7,15H,8-14H2,1-2H3. The van der Waals surface area contributed by atoms with E-state index in [2.05, 4.69) is 22.0 Å². The number of imidazole rings is 1. The lowest BCUT2D eigenvalue weighted by molar-refractivity contribution is -0.133. The van der Waals surface area contributed by atoms with Gasteiger partial charge in [0.25, 0.3) is 5.56 Å². The molecule has 30 heavy (non-hydrogen) atoms. The molecule has 1 amide bonds. The second-order valence-corrected chi connectivity index (χ2v) is 7.71. The molecule has 1 aromatic carbocycles. The van der Waals surface area contributed by atoms with Crippen LogP contribution >= 0.6 is 0 Å². The van der Waals surface area contributed by atoms with Gasteiger partial charge in [-0.3, -0.25) is 23.6 Å². The maximum Gasteiger partial charge on any atom is 0.332 e. The molecular formula is C21H26N6O3. The van der Waals surface area contributed by atoms with Crippen molar-refractivity contribution in [3.8, 4) is 0 Å². The normalized spacial score (nSPS) is 15.1. The van der Waals surface area contributed by atoms with Crippen LogP contribution in [-0.2, 0) is 32.0 Å². The summed E-state index contributed by atoms with van der Waals surface area (Å²) in [7, 11) is 3.03. The topological polar surface area (TPSA) is 85.4 Å². The highest BCUT2D eigenvalue weighted by atomic mass is 16.2. The third-order valence-corrected chi connectivity index (χ3v) is 5.76. The first-order valence-electron chi connectivity index (χ1n) is 10.1. The van der Waals surface area contributed by atoms with Crippen LogP contribution in [0.4, 0.5) is 0 Å². The van der Waals surface area contributed by atoms with Gasteiger partial charge in [-0.1, -0.05) is 30.3 Å². The highest BCUT2D eigenvalue weighted by Crippen LogP contribution is 2.11. The van der Waals surface area contributed by atoms with Crippen LogP contribution in [0.5, 0.6) is 0 Å². The van der Waals surface area contributed by atoms with E-state index in [0.717, 1.165) is 24.2 Å². The summed E-state index contributed by atoms with van der Waals surface area (Å²) in [6.45, 7) is 4.34. The van der Waals surface area contributed by atoms with Gasteiger partial charge in [0.2, 0.25) is 5.91 Å². The zero-order valence-corrected chi connectivity index (χ0v) is 17.3. The Labute approximate surface area is 173 Å². The minimum atomic E-state index is -0.415. The Morgan fingerprint density at radius 2 is 1.70 bits per heavy atom. The third kappa shape index (κ3) is 3.80. The van der Waals surface area contributed by atoms with Crippen LogP contribution in [-0.4, -0.2) is 60.6 Å². The molecule has 0 atom stereocenters. The van der Waals surface area contributed by atoms with Gasteiger partial charge in [-0.15, -0.1) is 0 Å². The molecule has 1 aliphatic heterocycles. The molecule has 0 aliphatic carbocycles. The second kappa shape index (κ2) is 8.27. The lowest BCUT2D eigenvalue weighted by atomic mass is 10.2. The van der Waals surface area contributed by atoms with Gasteiger partial charge in [-0.05, 0) is 5.56 Å². The van der Waals surface area contributed by atoms with Crippen LogP contribution in [0.25, 0.3) is 11.2 Å². The average molecular weight is 410 g/mol. The van der Waals surface area contributed by atoms with Crippen molar-refractivity contribution < 1.29 is 4.79 Å². The summed E-state index contributed by atoms with van der Waals surface area (Å²) in [6.07, 6.45) is 1.81. The zero-order chi connectivity index (χ0) is 21.3. The van der Waals surface area contributed by atoms with Crippen molar-refractivity contribution in [1.29, 1.82) is 0 Å². The molecule has 0 saturated carbocycles. The molecule has 1 fully saturated rings. The highest BCUT2D eigenvalue weighted by molar-refractivity contribution is 5.76. The number of piperazine rings is 1. The molecule has 3 aromatic rings. The molecule has 0 bridgehead atoms. The number of hydrogen-bond donors (Lipinski definition) is 0. The van der Waals surface area contributed by atoms with E-state index in [0.29, 0.717) is 30.8 Å². The summed E-state index contributed by atoms with van der Waals surface area (Å²) in [6, 6.07) is 10.3. The lowest BCUT2D eigenvalue weighted by Crippen LogP contribution is -2.48. The monoisotopic (exact) mass is 410 g/mol. The van der Waals surface area contributed by atoms with Gasteiger partial charge in [-0.25, -0.2) is 9.78 Å². The predicted molar refractivity (Wildman–Crippen MR) is 113 cm³/mol. The van der Waals surface area contributed by atoms with Crippen LogP contribution in [0.3, 0.4) is 0 Å². The number of amides is 1. The van der Waals surface area contributed by atoms with Gasteiger partial charge in [0, 0.05) is 59.8 Å². The van der Waals surface area contributed by atoms with E-state index in [-0.39, 0.29) is 12.3 Å². The fraction of sp³-hybridized carbons (Fsp3) is 0.429. The Morgan fingerprint density at radius 3 is 2.40 bits per heavy atom. The number of aromatic nitrogens is 4. The van der Waals surface area contributed by atoms with Crippen LogP contribution in [0.1, 0.15) is 12.0 Å². The Morgan fingerprint density at radius 1 is 1.00 bits per heavy atom. The molecule has 3 heterocycles. The van der Waals surface area contributed by atoms with E-state index in [1.54, 1.807) is 11.6 Å². The van der Waals surface area contributed by atoms with E-state index in [4.69, 9.17) is 0 Å². The van der Waals surface area contributed by atoms with Crippen molar-refractivity contribution in [2.45, 2.75) is 19.5 Å². The molecule has 1 saturated heterocycles. The van der Waals surface area contributed by atoms with Crippen LogP contribution in [0.2, 0.25) is 0 Å². The summed E-state index contributed by atoms with van der Waals surface area (Å²) >= 11 is 0. The van der Waals surface area contributed by atoms with Gasteiger partial charge >= 0.3 is 5.69 Å². The fourth-order valence-electron chi connectivity index (χ4n) is 3.94. The summed E-state index contributed by atoms with van der Waals surface area (Å²) in [4.78, 5) is 45.7. The second-order valence-electron chi connectivity index (χ2n) is 7.71. The van der Waals surface area contributed by atoms with Crippen molar-refractivity contribution in [3.05, 3.63) is 63.1 Å². The predicted octanol–water partition coefficient (Wildman–Crippen LogP) is 0.168. The van der Waals surface area contributed by atoms with Gasteiger partial charge in [0.1, 0.15) is 0 Å². The molecule has 9 nitrogen and oxygen atoms in total. The summed E-state index contributed by atoms with van der Waals surface area (Å²) in [5.74, 6) is 0.0675. The van der Waals surface area contributed by atoms with Crippen molar-refractivity contribution in [2.75, 3.05) is 26.2 Å². The minimum Gasteiger partial charge on any atom is -0.340 e. The number of nitrogens with zero attached hydrogens (tertiary/aromatic N) is 6. The number of hydrogen-bond acceptors (Lipinski definition) is 5. The van der Waals surface area contributed by atoms with Crippen LogP contribution in [0.15, 0.2) is 46.2 Å². The number of carbonyl (C=O) groups excluding carboxylic acids is 1. The quantitative estimate of drug-likeness (QED) is 0.599. The highest BCUT2D eigenvalue weighted by Gasteiger charge is 2.21. The SMILES string of the molecule is Cn1c(=O)c2c(ncn2CCC(=O)N2CCN(Cc3ccccc3)CC2)n(C)c1=O. The van der Waals surface area contributed by atoms with Gasteiger partial charge < -0.3 is 9.47 Å². The van der Waals surface area contributed by atoms with Crippen molar-refractivity contribution in [1.82, 2.24) is 28.5 Å². The third-order valence-electron chi connectivity index (χ3n) is 5.76. The maximum atomic E-state index is 12.7. The van der Waals surface area contributed by atoms with E-state index >= 15 is 0 Å². The van der Waals surface area contributed by atoms with Crippen LogP contribution < -0.4 is 11.2 Å². The van der Waals surface area contributed by atoms with Gasteiger partial charge in [0.05, 0.1) is 6.33 Å². The largest absolute Gasteiger partial charge is 0.340 e. The van der Waals surface area contributed by atoms with E-state index in [9.17, 15) is 14.4 Å². The number of aryl methyl sites for hydroxylation is 2. The molecule has 0 spiro atoms. The zero-order valence-electron chi connectivity index (χ0n) is 17.3. The molecule has 0 N–H and O–H groups in total. The van der Waals surface area contributed by atoms with E-state index in [1.807, 2.05) is 23.1 Å². The molecular weight excluding hydrogens is 384 g/mol. The van der Waals surface area contributed by atoms with Crippen molar-refractivity contribution in [3.63, 3.8) is 0 Å². The smallest absolute Gasteiger partial charge is 0.332 e.